The summed E-state index contributed by atoms with van der Waals surface area (Å²) in [6, 6.07) is 0. The van der Waals surface area contributed by atoms with E-state index in [0.29, 0.717) is 23.9 Å². The lowest BCUT2D eigenvalue weighted by molar-refractivity contribution is -0.870. The standard InChI is InChI=1S/C36H72NO8P/c1-6-8-10-12-14-16-18-20-22-24-26-28-35(38)42-32-34(33-44-46(40,41)43-31-30-37(3,4)5)45-36(39)29-27-25-23-21-19-17-15-13-11-9-7-2/h34H,6-33H2,1-5H3/p+1/t34-/m0/s1. The number of likely N-dealkylation sites (N-methyl/N-ethyl adjacent to an activating group) is 1. The molecule has 0 fully saturated rings. The molecule has 0 radical (unpaired) electrons. The number of carbonyl (C=O) groups excluding carboxylic acids is 2. The number of hydrogen-bond acceptors (Lipinski definition) is 7. The predicted octanol–water partition coefficient (Wildman–Crippen LogP) is 9.68. The molecule has 0 aliphatic carbocycles. The number of nitrogens with zero attached hydrogens (tertiary/aromatic N) is 1. The molecule has 0 aromatic rings. The Morgan fingerprint density at radius 1 is 0.587 bits per heavy atom. The van der Waals surface area contributed by atoms with E-state index in [4.69, 9.17) is 18.5 Å². The van der Waals surface area contributed by atoms with E-state index in [1.807, 2.05) is 21.1 Å². The van der Waals surface area contributed by atoms with Crippen molar-refractivity contribution in [2.24, 2.45) is 0 Å². The lowest BCUT2D eigenvalue weighted by Gasteiger charge is -2.24. The summed E-state index contributed by atoms with van der Waals surface area (Å²) in [5.41, 5.74) is 0. The average molecular weight is 679 g/mol. The fraction of sp³-hybridized carbons (Fsp3) is 0.944. The summed E-state index contributed by atoms with van der Waals surface area (Å²) >= 11 is 0. The lowest BCUT2D eigenvalue weighted by atomic mass is 10.1. The Hall–Kier alpha value is -0.990. The second-order valence-electron chi connectivity index (χ2n) is 14.0. The highest BCUT2D eigenvalue weighted by Crippen LogP contribution is 2.43. The normalized spacial score (nSPS) is 13.8. The van der Waals surface area contributed by atoms with Gasteiger partial charge < -0.3 is 18.9 Å². The Morgan fingerprint density at radius 3 is 1.39 bits per heavy atom. The molecule has 10 heteroatoms. The highest BCUT2D eigenvalue weighted by atomic mass is 31.2. The molecule has 2 atom stereocenters. The molecule has 0 amide bonds. The number of carbonyl (C=O) groups is 2. The number of rotatable bonds is 34. The Bertz CT molecular complexity index is 774. The molecule has 0 bridgehead atoms. The molecule has 1 unspecified atom stereocenters. The molecular formula is C36H73NO8P+. The van der Waals surface area contributed by atoms with E-state index in [1.165, 1.54) is 103 Å². The molecule has 0 aliphatic rings. The van der Waals surface area contributed by atoms with Gasteiger partial charge in [-0.25, -0.2) is 4.57 Å². The van der Waals surface area contributed by atoms with Crippen molar-refractivity contribution in [3.05, 3.63) is 0 Å². The van der Waals surface area contributed by atoms with Crippen molar-refractivity contribution in [2.45, 2.75) is 174 Å². The summed E-state index contributed by atoms with van der Waals surface area (Å²) < 4.78 is 34.1. The first kappa shape index (κ1) is 45.0. The molecule has 9 nitrogen and oxygen atoms in total. The van der Waals surface area contributed by atoms with Crippen LogP contribution in [0.4, 0.5) is 0 Å². The van der Waals surface area contributed by atoms with Crippen molar-refractivity contribution >= 4 is 19.8 Å². The van der Waals surface area contributed by atoms with Crippen LogP contribution in [0.1, 0.15) is 168 Å². The highest BCUT2D eigenvalue weighted by Gasteiger charge is 2.27. The Morgan fingerprint density at radius 2 is 0.978 bits per heavy atom. The number of ether oxygens (including phenoxy) is 2. The molecule has 0 aromatic carbocycles. The van der Waals surface area contributed by atoms with Gasteiger partial charge in [0.15, 0.2) is 6.10 Å². The van der Waals surface area contributed by atoms with E-state index in [-0.39, 0.29) is 25.6 Å². The maximum Gasteiger partial charge on any atom is 0.472 e. The van der Waals surface area contributed by atoms with Gasteiger partial charge in [-0.2, -0.15) is 0 Å². The van der Waals surface area contributed by atoms with E-state index >= 15 is 0 Å². The van der Waals surface area contributed by atoms with Crippen LogP contribution >= 0.6 is 7.82 Å². The first-order valence-electron chi connectivity index (χ1n) is 18.8. The smallest absolute Gasteiger partial charge is 0.462 e. The minimum atomic E-state index is -4.35. The molecule has 0 saturated carbocycles. The zero-order valence-corrected chi connectivity index (χ0v) is 31.5. The van der Waals surface area contributed by atoms with Crippen LogP contribution in [-0.2, 0) is 32.7 Å². The average Bonchev–Trinajstić information content (AvgIpc) is 2.99. The summed E-state index contributed by atoms with van der Waals surface area (Å²) in [4.78, 5) is 35.1. The number of phosphoric ester groups is 1. The van der Waals surface area contributed by atoms with Gasteiger partial charge in [-0.05, 0) is 12.8 Å². The van der Waals surface area contributed by atoms with Crippen LogP contribution in [0.2, 0.25) is 0 Å². The second kappa shape index (κ2) is 30.1. The van der Waals surface area contributed by atoms with Gasteiger partial charge in [0.05, 0.1) is 27.7 Å². The second-order valence-corrected chi connectivity index (χ2v) is 15.4. The Balaban J connectivity index is 4.44. The number of phosphoric acid groups is 1. The van der Waals surface area contributed by atoms with Crippen LogP contribution in [0.5, 0.6) is 0 Å². The molecule has 0 rings (SSSR count). The monoisotopic (exact) mass is 679 g/mol. The Kier molecular flexibility index (Phi) is 29.4. The van der Waals surface area contributed by atoms with Crippen molar-refractivity contribution in [1.29, 1.82) is 0 Å². The van der Waals surface area contributed by atoms with E-state index in [1.54, 1.807) is 0 Å². The summed E-state index contributed by atoms with van der Waals surface area (Å²) in [7, 11) is 1.49. The van der Waals surface area contributed by atoms with E-state index in [2.05, 4.69) is 13.8 Å². The minimum Gasteiger partial charge on any atom is -0.462 e. The van der Waals surface area contributed by atoms with Crippen LogP contribution in [0.25, 0.3) is 0 Å². The van der Waals surface area contributed by atoms with Gasteiger partial charge in [0.1, 0.15) is 19.8 Å². The fourth-order valence-electron chi connectivity index (χ4n) is 5.13. The van der Waals surface area contributed by atoms with E-state index < -0.39 is 26.5 Å². The summed E-state index contributed by atoms with van der Waals surface area (Å²) in [5.74, 6) is -0.793. The van der Waals surface area contributed by atoms with Gasteiger partial charge in [-0.1, -0.05) is 142 Å². The number of hydrogen-bond donors (Lipinski definition) is 1. The van der Waals surface area contributed by atoms with Crippen molar-refractivity contribution in [3.63, 3.8) is 0 Å². The van der Waals surface area contributed by atoms with Gasteiger partial charge in [0.2, 0.25) is 0 Å². The molecule has 0 saturated heterocycles. The van der Waals surface area contributed by atoms with Crippen LogP contribution in [0.15, 0.2) is 0 Å². The fourth-order valence-corrected chi connectivity index (χ4v) is 5.87. The first-order chi connectivity index (χ1) is 22.0. The molecule has 0 spiro atoms. The van der Waals surface area contributed by atoms with E-state index in [9.17, 15) is 19.0 Å². The highest BCUT2D eigenvalue weighted by molar-refractivity contribution is 7.47. The molecule has 274 valence electrons. The van der Waals surface area contributed by atoms with Gasteiger partial charge in [0.25, 0.3) is 0 Å². The van der Waals surface area contributed by atoms with Crippen molar-refractivity contribution < 1.29 is 42.1 Å². The predicted molar refractivity (Wildman–Crippen MR) is 188 cm³/mol. The van der Waals surface area contributed by atoms with Crippen molar-refractivity contribution in [2.75, 3.05) is 47.5 Å². The summed E-state index contributed by atoms with van der Waals surface area (Å²) in [5, 5.41) is 0. The molecular weight excluding hydrogens is 605 g/mol. The number of esters is 2. The van der Waals surface area contributed by atoms with Crippen LogP contribution in [0.3, 0.4) is 0 Å². The molecule has 0 heterocycles. The van der Waals surface area contributed by atoms with Crippen LogP contribution < -0.4 is 0 Å². The van der Waals surface area contributed by atoms with Crippen LogP contribution in [0, 0.1) is 0 Å². The van der Waals surface area contributed by atoms with Crippen molar-refractivity contribution in [1.82, 2.24) is 0 Å². The number of quaternary nitrogens is 1. The molecule has 0 aliphatic heterocycles. The Labute approximate surface area is 283 Å². The molecule has 46 heavy (non-hydrogen) atoms. The van der Waals surface area contributed by atoms with Gasteiger partial charge in [0, 0.05) is 12.8 Å². The maximum absolute atomic E-state index is 12.6. The minimum absolute atomic E-state index is 0.0362. The number of unbranched alkanes of at least 4 members (excludes halogenated alkanes) is 20. The van der Waals surface area contributed by atoms with Crippen LogP contribution in [-0.4, -0.2) is 74.9 Å². The SMILES string of the molecule is CCCCCCCCCCCCCC(=O)OC[C@@H](COP(=O)(O)OCC[N+](C)(C)C)OC(=O)CCCCCCCCCCCCC. The topological polar surface area (TPSA) is 108 Å². The zero-order valence-electron chi connectivity index (χ0n) is 30.6. The van der Waals surface area contributed by atoms with Crippen molar-refractivity contribution in [3.8, 4) is 0 Å². The third kappa shape index (κ3) is 32.9. The largest absolute Gasteiger partial charge is 0.472 e. The third-order valence-electron chi connectivity index (χ3n) is 8.14. The van der Waals surface area contributed by atoms with Gasteiger partial charge in [-0.3, -0.25) is 18.6 Å². The van der Waals surface area contributed by atoms with Gasteiger partial charge >= 0.3 is 19.8 Å². The van der Waals surface area contributed by atoms with Gasteiger partial charge in [-0.15, -0.1) is 0 Å². The summed E-state index contributed by atoms with van der Waals surface area (Å²) in [6.07, 6.45) is 25.7. The zero-order chi connectivity index (χ0) is 34.4. The quantitative estimate of drug-likeness (QED) is 0.0310. The van der Waals surface area contributed by atoms with E-state index in [0.717, 1.165) is 32.1 Å². The lowest BCUT2D eigenvalue weighted by Crippen LogP contribution is -2.37. The molecule has 0 aromatic heterocycles. The first-order valence-corrected chi connectivity index (χ1v) is 20.3. The summed E-state index contributed by atoms with van der Waals surface area (Å²) in [6.45, 7) is 4.40. The maximum atomic E-state index is 12.6. The third-order valence-corrected chi connectivity index (χ3v) is 9.12. The molecule has 1 N–H and O–H groups in total.